The molecule has 0 aromatic heterocycles. The zero-order valence-corrected chi connectivity index (χ0v) is 15.0. The van der Waals surface area contributed by atoms with Gasteiger partial charge in [0.25, 0.3) is 0 Å². The van der Waals surface area contributed by atoms with Crippen LogP contribution < -0.4 is 0 Å². The summed E-state index contributed by atoms with van der Waals surface area (Å²) in [4.78, 5) is 11.5. The van der Waals surface area contributed by atoms with Crippen LogP contribution in [0.3, 0.4) is 0 Å². The second-order valence-electron chi connectivity index (χ2n) is 6.56. The van der Waals surface area contributed by atoms with Crippen LogP contribution in [0.5, 0.6) is 0 Å². The number of rotatable bonds is 9. The van der Waals surface area contributed by atoms with Crippen molar-refractivity contribution in [3.05, 3.63) is 0 Å². The number of carboxylic acid groups (broad SMARTS) is 1. The van der Waals surface area contributed by atoms with Crippen LogP contribution in [0.4, 0.5) is 0 Å². The second-order valence-corrected chi connectivity index (χ2v) is 6.56. The number of ether oxygens (including phenoxy) is 3. The number of aliphatic carboxylic acids is 1. The van der Waals surface area contributed by atoms with Gasteiger partial charge in [-0.2, -0.15) is 0 Å². The Morgan fingerprint density at radius 1 is 1.16 bits per heavy atom. The standard InChI is InChI=1S/C16H30O9/c1-5-8(3)23-13-11(19)12(20)16(25-14(13)15(21)22)24-9(4)10(18)7(2)6-17/h7-14,16-20H,5-6H2,1-4H3,(H,21,22). The molecule has 0 amide bonds. The highest BCUT2D eigenvalue weighted by atomic mass is 16.7. The summed E-state index contributed by atoms with van der Waals surface area (Å²) in [5, 5.41) is 48.9. The van der Waals surface area contributed by atoms with E-state index in [9.17, 15) is 25.2 Å². The predicted molar refractivity (Wildman–Crippen MR) is 85.7 cm³/mol. The van der Waals surface area contributed by atoms with Gasteiger partial charge in [-0.15, -0.1) is 0 Å². The van der Waals surface area contributed by atoms with Crippen molar-refractivity contribution in [2.75, 3.05) is 6.61 Å². The zero-order chi connectivity index (χ0) is 19.3. The molecule has 25 heavy (non-hydrogen) atoms. The maximum Gasteiger partial charge on any atom is 0.335 e. The molecule has 1 aliphatic rings. The number of hydrogen-bond donors (Lipinski definition) is 5. The summed E-state index contributed by atoms with van der Waals surface area (Å²) in [5.74, 6) is -1.85. The number of aliphatic hydroxyl groups excluding tert-OH is 4. The Morgan fingerprint density at radius 3 is 2.24 bits per heavy atom. The van der Waals surface area contributed by atoms with Crippen molar-refractivity contribution in [1.82, 2.24) is 0 Å². The van der Waals surface area contributed by atoms with E-state index < -0.39 is 54.8 Å². The van der Waals surface area contributed by atoms with Gasteiger partial charge in [-0.25, -0.2) is 4.79 Å². The smallest absolute Gasteiger partial charge is 0.335 e. The minimum absolute atomic E-state index is 0.270. The molecular formula is C16H30O9. The van der Waals surface area contributed by atoms with Crippen LogP contribution in [-0.2, 0) is 19.0 Å². The quantitative estimate of drug-likeness (QED) is 0.350. The van der Waals surface area contributed by atoms with E-state index in [-0.39, 0.29) is 12.7 Å². The summed E-state index contributed by atoms with van der Waals surface area (Å²) in [7, 11) is 0. The van der Waals surface area contributed by atoms with Crippen LogP contribution in [0.1, 0.15) is 34.1 Å². The van der Waals surface area contributed by atoms with Crippen LogP contribution in [-0.4, -0.2) is 87.1 Å². The summed E-state index contributed by atoms with van der Waals surface area (Å²) in [6.07, 6.45) is -8.99. The average Bonchev–Trinajstić information content (AvgIpc) is 2.58. The Bertz CT molecular complexity index is 418. The van der Waals surface area contributed by atoms with Crippen molar-refractivity contribution in [1.29, 1.82) is 0 Å². The molecule has 1 saturated heterocycles. The molecular weight excluding hydrogens is 336 g/mol. The molecule has 1 heterocycles. The van der Waals surface area contributed by atoms with E-state index in [0.29, 0.717) is 6.42 Å². The van der Waals surface area contributed by atoms with Gasteiger partial charge in [-0.1, -0.05) is 13.8 Å². The molecule has 0 spiro atoms. The highest BCUT2D eigenvalue weighted by Gasteiger charge is 2.50. The lowest BCUT2D eigenvalue weighted by Gasteiger charge is -2.42. The van der Waals surface area contributed by atoms with E-state index in [0.717, 1.165) is 0 Å². The molecule has 0 saturated carbocycles. The molecule has 9 nitrogen and oxygen atoms in total. The minimum atomic E-state index is -1.55. The van der Waals surface area contributed by atoms with Gasteiger partial charge in [0.2, 0.25) is 0 Å². The number of carboxylic acids is 1. The minimum Gasteiger partial charge on any atom is -0.479 e. The summed E-state index contributed by atoms with van der Waals surface area (Å²) < 4.78 is 16.2. The summed E-state index contributed by atoms with van der Waals surface area (Å²) in [5.41, 5.74) is 0. The maximum atomic E-state index is 11.5. The van der Waals surface area contributed by atoms with Crippen LogP contribution in [0.25, 0.3) is 0 Å². The topological polar surface area (TPSA) is 146 Å². The monoisotopic (exact) mass is 366 g/mol. The Labute approximate surface area is 147 Å². The van der Waals surface area contributed by atoms with Crippen LogP contribution >= 0.6 is 0 Å². The van der Waals surface area contributed by atoms with Gasteiger partial charge in [-0.05, 0) is 20.3 Å². The Hall–Kier alpha value is -0.810. The van der Waals surface area contributed by atoms with Gasteiger partial charge < -0.3 is 39.7 Å². The maximum absolute atomic E-state index is 11.5. The van der Waals surface area contributed by atoms with Crippen LogP contribution in [0, 0.1) is 5.92 Å². The lowest BCUT2D eigenvalue weighted by atomic mass is 9.97. The molecule has 1 fully saturated rings. The fourth-order valence-corrected chi connectivity index (χ4v) is 2.53. The number of carbonyl (C=O) groups is 1. The highest BCUT2D eigenvalue weighted by Crippen LogP contribution is 2.27. The van der Waals surface area contributed by atoms with Crippen LogP contribution in [0.15, 0.2) is 0 Å². The van der Waals surface area contributed by atoms with Gasteiger partial charge >= 0.3 is 5.97 Å². The molecule has 0 radical (unpaired) electrons. The molecule has 5 N–H and O–H groups in total. The summed E-state index contributed by atoms with van der Waals surface area (Å²) in [6, 6.07) is 0. The average molecular weight is 366 g/mol. The largest absolute Gasteiger partial charge is 0.479 e. The highest BCUT2D eigenvalue weighted by molar-refractivity contribution is 5.73. The van der Waals surface area contributed by atoms with Crippen molar-refractivity contribution < 1.29 is 44.5 Å². The van der Waals surface area contributed by atoms with Crippen molar-refractivity contribution in [3.63, 3.8) is 0 Å². The van der Waals surface area contributed by atoms with Crippen molar-refractivity contribution >= 4 is 5.97 Å². The van der Waals surface area contributed by atoms with Gasteiger partial charge in [0.05, 0.1) is 18.3 Å². The first-order valence-electron chi connectivity index (χ1n) is 8.48. The third kappa shape index (κ3) is 5.58. The van der Waals surface area contributed by atoms with E-state index in [1.807, 2.05) is 6.92 Å². The molecule has 9 atom stereocenters. The molecule has 0 aliphatic carbocycles. The summed E-state index contributed by atoms with van der Waals surface area (Å²) in [6.45, 7) is 6.39. The lowest BCUT2D eigenvalue weighted by Crippen LogP contribution is -2.62. The predicted octanol–water partition coefficient (Wildman–Crippen LogP) is -0.904. The fourth-order valence-electron chi connectivity index (χ4n) is 2.53. The molecule has 0 aromatic rings. The molecule has 0 bridgehead atoms. The van der Waals surface area contributed by atoms with E-state index >= 15 is 0 Å². The molecule has 0 aromatic carbocycles. The number of hydrogen-bond acceptors (Lipinski definition) is 8. The second kappa shape index (κ2) is 9.77. The molecule has 1 aliphatic heterocycles. The Morgan fingerprint density at radius 2 is 1.76 bits per heavy atom. The zero-order valence-electron chi connectivity index (χ0n) is 15.0. The van der Waals surface area contributed by atoms with Gasteiger partial charge in [0, 0.05) is 12.5 Å². The van der Waals surface area contributed by atoms with Crippen LogP contribution in [0.2, 0.25) is 0 Å². The fraction of sp³-hybridized carbons (Fsp3) is 0.938. The molecule has 9 heteroatoms. The van der Waals surface area contributed by atoms with Gasteiger partial charge in [0.1, 0.15) is 18.3 Å². The van der Waals surface area contributed by atoms with Crippen molar-refractivity contribution in [2.45, 2.75) is 83.1 Å². The van der Waals surface area contributed by atoms with Gasteiger partial charge in [0.15, 0.2) is 12.4 Å². The van der Waals surface area contributed by atoms with Gasteiger partial charge in [-0.3, -0.25) is 0 Å². The normalized spacial score (nSPS) is 35.0. The lowest BCUT2D eigenvalue weighted by molar-refractivity contribution is -0.318. The van der Waals surface area contributed by atoms with E-state index in [4.69, 9.17) is 19.3 Å². The first-order valence-corrected chi connectivity index (χ1v) is 8.48. The first-order chi connectivity index (χ1) is 11.6. The Balaban J connectivity index is 2.86. The molecule has 148 valence electrons. The molecule has 9 unspecified atom stereocenters. The number of aliphatic hydroxyl groups is 4. The van der Waals surface area contributed by atoms with E-state index in [1.165, 1.54) is 6.92 Å². The van der Waals surface area contributed by atoms with Crippen molar-refractivity contribution in [2.24, 2.45) is 5.92 Å². The van der Waals surface area contributed by atoms with E-state index in [1.54, 1.807) is 13.8 Å². The molecule has 1 rings (SSSR count). The third-order valence-electron chi connectivity index (χ3n) is 4.45. The Kier molecular flexibility index (Phi) is 8.69. The van der Waals surface area contributed by atoms with E-state index in [2.05, 4.69) is 0 Å². The SMILES string of the molecule is CCC(C)OC1C(C(=O)O)OC(OC(C)C(O)C(C)CO)C(O)C1O. The third-order valence-corrected chi connectivity index (χ3v) is 4.45. The summed E-state index contributed by atoms with van der Waals surface area (Å²) >= 11 is 0. The van der Waals surface area contributed by atoms with Crippen molar-refractivity contribution in [3.8, 4) is 0 Å². The first kappa shape index (κ1) is 22.2.